The molecular weight excluding hydrogens is 349 g/mol. The monoisotopic (exact) mass is 355 g/mol. The quantitative estimate of drug-likeness (QED) is 0.312. The second-order valence-corrected chi connectivity index (χ2v) is 4.22. The van der Waals surface area contributed by atoms with Gasteiger partial charge in [0, 0.05) is 8.04 Å². The highest BCUT2D eigenvalue weighted by Crippen LogP contribution is 2.23. The Morgan fingerprint density at radius 1 is 1.62 bits per heavy atom. The lowest BCUT2D eigenvalue weighted by Crippen LogP contribution is -2.27. The van der Waals surface area contributed by atoms with Crippen LogP contribution < -0.4 is 11.2 Å². The van der Waals surface area contributed by atoms with Crippen molar-refractivity contribution in [1.82, 2.24) is 5.48 Å². The van der Waals surface area contributed by atoms with Crippen molar-refractivity contribution in [2.24, 2.45) is 10.7 Å². The molecule has 70 valence electrons. The Hall–Kier alpha value is -0.340. The number of hydrogen-bond acceptors (Lipinski definition) is 2. The maximum absolute atomic E-state index is 8.40. The number of nitrogens with two attached hydrogens (primary N) is 1. The summed E-state index contributed by atoms with van der Waals surface area (Å²) in [5, 5.41) is 8.40. The fourth-order valence-electron chi connectivity index (χ4n) is 0.719. The highest BCUT2D eigenvalue weighted by atomic mass is 127. The largest absolute Gasteiger partial charge is 0.368 e. The van der Waals surface area contributed by atoms with Gasteiger partial charge in [-0.3, -0.25) is 5.21 Å². The Bertz CT molecular complexity index is 343. The van der Waals surface area contributed by atoms with Crippen LogP contribution in [0.5, 0.6) is 0 Å². The van der Waals surface area contributed by atoms with E-state index in [0.29, 0.717) is 5.69 Å². The van der Waals surface area contributed by atoms with Crippen molar-refractivity contribution in [3.05, 3.63) is 26.2 Å². The predicted octanol–water partition coefficient (Wildman–Crippen LogP) is 1.98. The summed E-state index contributed by atoms with van der Waals surface area (Å²) in [5.41, 5.74) is 7.72. The molecule has 0 fully saturated rings. The molecule has 1 rings (SSSR count). The molecule has 0 aromatic heterocycles. The molecule has 0 amide bonds. The summed E-state index contributed by atoms with van der Waals surface area (Å²) in [4.78, 5) is 3.89. The van der Waals surface area contributed by atoms with E-state index < -0.39 is 0 Å². The van der Waals surface area contributed by atoms with Gasteiger partial charge in [0.1, 0.15) is 0 Å². The van der Waals surface area contributed by atoms with E-state index in [-0.39, 0.29) is 5.96 Å². The van der Waals surface area contributed by atoms with E-state index in [1.807, 2.05) is 12.1 Å². The fraction of sp³-hybridized carbons (Fsp3) is 0. The summed E-state index contributed by atoms with van der Waals surface area (Å²) < 4.78 is 2.03. The van der Waals surface area contributed by atoms with Gasteiger partial charge < -0.3 is 5.73 Å². The number of hydroxylamine groups is 1. The Morgan fingerprint density at radius 2 is 2.31 bits per heavy atom. The molecule has 1 aromatic rings. The maximum Gasteiger partial charge on any atom is 0.218 e. The first-order chi connectivity index (χ1) is 6.13. The zero-order valence-electron chi connectivity index (χ0n) is 6.46. The second-order valence-electron chi connectivity index (χ2n) is 2.21. The number of benzene rings is 1. The van der Waals surface area contributed by atoms with E-state index in [9.17, 15) is 0 Å². The van der Waals surface area contributed by atoms with Crippen molar-refractivity contribution in [2.45, 2.75) is 0 Å². The maximum atomic E-state index is 8.40. The number of nitrogens with one attached hydrogen (secondary N) is 1. The van der Waals surface area contributed by atoms with Crippen molar-refractivity contribution in [3.8, 4) is 0 Å². The zero-order valence-corrected chi connectivity index (χ0v) is 10.2. The summed E-state index contributed by atoms with van der Waals surface area (Å²) in [5.74, 6) is -0.0295. The molecule has 0 heterocycles. The van der Waals surface area contributed by atoms with Crippen LogP contribution in [0.4, 0.5) is 5.69 Å². The fourth-order valence-corrected chi connectivity index (χ4v) is 1.46. The van der Waals surface area contributed by atoms with Gasteiger partial charge in [-0.15, -0.1) is 0 Å². The van der Waals surface area contributed by atoms with E-state index in [4.69, 9.17) is 10.9 Å². The lowest BCUT2D eigenvalue weighted by atomic mass is 10.3. The average molecular weight is 356 g/mol. The van der Waals surface area contributed by atoms with Crippen LogP contribution in [0, 0.1) is 3.57 Å². The van der Waals surface area contributed by atoms with Gasteiger partial charge in [0.25, 0.3) is 0 Å². The van der Waals surface area contributed by atoms with Crippen molar-refractivity contribution < 1.29 is 5.21 Å². The van der Waals surface area contributed by atoms with Crippen LogP contribution in [-0.2, 0) is 0 Å². The molecule has 0 aliphatic rings. The molecule has 0 atom stereocenters. The molecule has 0 bridgehead atoms. The Labute approximate surface area is 97.5 Å². The SMILES string of the molecule is NC(=Nc1ccc(Br)c(I)c1)NO. The lowest BCUT2D eigenvalue weighted by Gasteiger charge is -1.99. The Morgan fingerprint density at radius 3 is 2.85 bits per heavy atom. The van der Waals surface area contributed by atoms with E-state index in [1.165, 1.54) is 0 Å². The minimum atomic E-state index is -0.0295. The predicted molar refractivity (Wildman–Crippen MR) is 63.1 cm³/mol. The number of halogens is 2. The Kier molecular flexibility index (Phi) is 3.94. The standard InChI is InChI=1S/C7H7BrIN3O/c8-5-2-1-4(3-6(5)9)11-7(10)12-13/h1-3,13H,(H3,10,11,12). The molecule has 4 nitrogen and oxygen atoms in total. The molecule has 0 unspecified atom stereocenters. The second kappa shape index (κ2) is 4.77. The van der Waals surface area contributed by atoms with Gasteiger partial charge in [-0.25, -0.2) is 10.5 Å². The van der Waals surface area contributed by atoms with Gasteiger partial charge in [-0.2, -0.15) is 0 Å². The van der Waals surface area contributed by atoms with Crippen molar-refractivity contribution in [3.63, 3.8) is 0 Å². The van der Waals surface area contributed by atoms with E-state index in [1.54, 1.807) is 11.5 Å². The molecule has 0 saturated carbocycles. The third kappa shape index (κ3) is 3.12. The lowest BCUT2D eigenvalue weighted by molar-refractivity contribution is 0.233. The van der Waals surface area contributed by atoms with Crippen LogP contribution in [-0.4, -0.2) is 11.2 Å². The van der Waals surface area contributed by atoms with Gasteiger partial charge in [-0.05, 0) is 56.7 Å². The van der Waals surface area contributed by atoms with Gasteiger partial charge in [-0.1, -0.05) is 0 Å². The third-order valence-corrected chi connectivity index (χ3v) is 3.59. The molecule has 13 heavy (non-hydrogen) atoms. The number of hydrogen-bond donors (Lipinski definition) is 3. The van der Waals surface area contributed by atoms with Gasteiger partial charge in [0.2, 0.25) is 5.96 Å². The van der Waals surface area contributed by atoms with Crippen molar-refractivity contribution in [2.75, 3.05) is 0 Å². The van der Waals surface area contributed by atoms with Crippen LogP contribution in [0.1, 0.15) is 0 Å². The first-order valence-corrected chi connectivity index (χ1v) is 5.20. The van der Waals surface area contributed by atoms with E-state index >= 15 is 0 Å². The molecule has 0 aliphatic heterocycles. The third-order valence-electron chi connectivity index (χ3n) is 1.27. The Balaban J connectivity index is 2.98. The molecular formula is C7H7BrIN3O. The summed E-state index contributed by atoms with van der Waals surface area (Å²) >= 11 is 5.53. The molecule has 6 heteroatoms. The van der Waals surface area contributed by atoms with Crippen LogP contribution in [0.3, 0.4) is 0 Å². The smallest absolute Gasteiger partial charge is 0.218 e. The van der Waals surface area contributed by atoms with Gasteiger partial charge >= 0.3 is 0 Å². The van der Waals surface area contributed by atoms with Crippen LogP contribution in [0.15, 0.2) is 27.7 Å². The number of aliphatic imine (C=N–C) groups is 1. The normalized spacial score (nSPS) is 11.5. The molecule has 1 aromatic carbocycles. The van der Waals surface area contributed by atoms with Crippen LogP contribution in [0.25, 0.3) is 0 Å². The topological polar surface area (TPSA) is 70.6 Å². The van der Waals surface area contributed by atoms with Gasteiger partial charge in [0.15, 0.2) is 0 Å². The number of nitrogens with zero attached hydrogens (tertiary/aromatic N) is 1. The summed E-state index contributed by atoms with van der Waals surface area (Å²) in [6.45, 7) is 0. The van der Waals surface area contributed by atoms with Crippen LogP contribution >= 0.6 is 38.5 Å². The summed E-state index contributed by atoms with van der Waals surface area (Å²) in [7, 11) is 0. The molecule has 0 aliphatic carbocycles. The van der Waals surface area contributed by atoms with Gasteiger partial charge in [0.05, 0.1) is 5.69 Å². The molecule has 0 spiro atoms. The first-order valence-electron chi connectivity index (χ1n) is 3.33. The highest BCUT2D eigenvalue weighted by Gasteiger charge is 1.97. The summed E-state index contributed by atoms with van der Waals surface area (Å²) in [6.07, 6.45) is 0. The van der Waals surface area contributed by atoms with E-state index in [2.05, 4.69) is 43.5 Å². The van der Waals surface area contributed by atoms with Crippen molar-refractivity contribution in [1.29, 1.82) is 0 Å². The molecule has 4 N–H and O–H groups in total. The zero-order chi connectivity index (χ0) is 9.84. The van der Waals surface area contributed by atoms with Crippen molar-refractivity contribution >= 4 is 50.2 Å². The molecule has 0 saturated heterocycles. The molecule has 0 radical (unpaired) electrons. The summed E-state index contributed by atoms with van der Waals surface area (Å²) in [6, 6.07) is 5.50. The average Bonchev–Trinajstić information content (AvgIpc) is 2.11. The minimum Gasteiger partial charge on any atom is -0.368 e. The number of guanidine groups is 1. The minimum absolute atomic E-state index is 0.0295. The van der Waals surface area contributed by atoms with E-state index in [0.717, 1.165) is 8.04 Å². The number of rotatable bonds is 1. The van der Waals surface area contributed by atoms with Crippen LogP contribution in [0.2, 0.25) is 0 Å². The highest BCUT2D eigenvalue weighted by molar-refractivity contribution is 14.1. The first kappa shape index (κ1) is 10.7.